The molecule has 2 atom stereocenters. The molecule has 4 aliphatic rings. The fraction of sp³-hybridized carbons (Fsp3) is 0.200. The number of anilines is 3. The molecular formula is C35H30N2. The van der Waals surface area contributed by atoms with Crippen molar-refractivity contribution in [2.45, 2.75) is 37.6 Å². The predicted octanol–water partition coefficient (Wildman–Crippen LogP) is 8.33. The van der Waals surface area contributed by atoms with Crippen LogP contribution >= 0.6 is 0 Å². The molecule has 37 heavy (non-hydrogen) atoms. The molecule has 0 bridgehead atoms. The Balaban J connectivity index is 1.28. The van der Waals surface area contributed by atoms with E-state index in [-0.39, 0.29) is 5.41 Å². The molecule has 4 aromatic rings. The van der Waals surface area contributed by atoms with Gasteiger partial charge in [-0.1, -0.05) is 86.7 Å². The second kappa shape index (κ2) is 7.49. The van der Waals surface area contributed by atoms with Gasteiger partial charge in [0.2, 0.25) is 0 Å². The molecule has 0 saturated carbocycles. The minimum atomic E-state index is -0.00502. The van der Waals surface area contributed by atoms with Crippen molar-refractivity contribution in [2.24, 2.45) is 0 Å². The van der Waals surface area contributed by atoms with Crippen LogP contribution < -0.4 is 9.80 Å². The summed E-state index contributed by atoms with van der Waals surface area (Å²) < 4.78 is 0. The molecule has 2 nitrogen and oxygen atoms in total. The van der Waals surface area contributed by atoms with Crippen molar-refractivity contribution in [1.82, 2.24) is 0 Å². The molecule has 8 rings (SSSR count). The molecule has 0 N–H and O–H groups in total. The van der Waals surface area contributed by atoms with E-state index in [1.165, 1.54) is 50.6 Å². The maximum absolute atomic E-state index is 2.65. The van der Waals surface area contributed by atoms with Gasteiger partial charge in [0.1, 0.15) is 0 Å². The number of hydrogen-bond donors (Lipinski definition) is 0. The molecule has 0 aromatic heterocycles. The number of hydrogen-bond acceptors (Lipinski definition) is 2. The lowest BCUT2D eigenvalue weighted by atomic mass is 9.82. The number of benzene rings is 4. The first-order chi connectivity index (χ1) is 18.1. The Morgan fingerprint density at radius 3 is 2.38 bits per heavy atom. The van der Waals surface area contributed by atoms with E-state index < -0.39 is 0 Å². The zero-order valence-corrected chi connectivity index (χ0v) is 21.4. The van der Waals surface area contributed by atoms with E-state index in [0.717, 1.165) is 13.0 Å². The molecule has 180 valence electrons. The van der Waals surface area contributed by atoms with E-state index in [0.29, 0.717) is 12.0 Å². The van der Waals surface area contributed by atoms with Gasteiger partial charge in [-0.3, -0.25) is 0 Å². The maximum Gasteiger partial charge on any atom is 0.0679 e. The van der Waals surface area contributed by atoms with Gasteiger partial charge in [0.25, 0.3) is 0 Å². The minimum absolute atomic E-state index is 0.00502. The third-order valence-corrected chi connectivity index (χ3v) is 9.13. The molecule has 0 radical (unpaired) electrons. The number of fused-ring (bicyclic) bond motifs is 7. The third kappa shape index (κ3) is 2.81. The van der Waals surface area contributed by atoms with Crippen LogP contribution in [0.1, 0.15) is 42.9 Å². The van der Waals surface area contributed by atoms with Crippen molar-refractivity contribution in [2.75, 3.05) is 16.3 Å². The summed E-state index contributed by atoms with van der Waals surface area (Å²) in [6, 6.07) is 36.4. The summed E-state index contributed by atoms with van der Waals surface area (Å²) in [6.45, 7) is 5.79. The smallest absolute Gasteiger partial charge is 0.0679 e. The maximum atomic E-state index is 2.65. The topological polar surface area (TPSA) is 6.48 Å². The lowest BCUT2D eigenvalue weighted by Crippen LogP contribution is -2.33. The SMILES string of the molecule is CC1(C)c2ccccc2-c2ccc(N3c4ccccc4C4C=CC5=C(CCN5c5ccccc5)C43)cc21. The first-order valence-corrected chi connectivity index (χ1v) is 13.5. The van der Waals surface area contributed by atoms with Crippen LogP contribution in [0.3, 0.4) is 0 Å². The minimum Gasteiger partial charge on any atom is -0.341 e. The van der Waals surface area contributed by atoms with Gasteiger partial charge in [0.05, 0.1) is 6.04 Å². The number of nitrogens with zero attached hydrogens (tertiary/aromatic N) is 2. The number of rotatable bonds is 2. The largest absolute Gasteiger partial charge is 0.341 e. The van der Waals surface area contributed by atoms with Gasteiger partial charge in [0.15, 0.2) is 0 Å². The van der Waals surface area contributed by atoms with Crippen LogP contribution in [0, 0.1) is 0 Å². The molecule has 0 saturated heterocycles. The molecule has 2 heteroatoms. The van der Waals surface area contributed by atoms with Crippen molar-refractivity contribution in [3.05, 3.63) is 137 Å². The standard InChI is InChI=1S/C35H30N2/c1-35(2)30-14-8-6-12-25(30)26-17-16-24(22-31(26)35)37-33-15-9-7-13-27(33)28-18-19-32-29(34(28)37)20-21-36(32)23-10-4-3-5-11-23/h3-19,22,28,34H,20-21H2,1-2H3. The lowest BCUT2D eigenvalue weighted by Gasteiger charge is -2.34. The molecule has 0 spiro atoms. The van der Waals surface area contributed by atoms with Crippen LogP contribution in [0.4, 0.5) is 17.1 Å². The molecule has 2 aliphatic heterocycles. The molecule has 2 unspecified atom stereocenters. The lowest BCUT2D eigenvalue weighted by molar-refractivity contribution is 0.657. The summed E-state index contributed by atoms with van der Waals surface area (Å²) in [5, 5.41) is 0. The van der Waals surface area contributed by atoms with Crippen molar-refractivity contribution in [3.63, 3.8) is 0 Å². The Morgan fingerprint density at radius 2 is 1.49 bits per heavy atom. The Labute approximate surface area is 219 Å². The van der Waals surface area contributed by atoms with Crippen LogP contribution in [0.25, 0.3) is 11.1 Å². The Bertz CT molecular complexity index is 1620. The average molecular weight is 479 g/mol. The monoisotopic (exact) mass is 478 g/mol. The number of allylic oxidation sites excluding steroid dienone is 1. The van der Waals surface area contributed by atoms with Gasteiger partial charge in [0, 0.05) is 40.6 Å². The van der Waals surface area contributed by atoms with Crippen molar-refractivity contribution in [3.8, 4) is 11.1 Å². The van der Waals surface area contributed by atoms with Crippen LogP contribution in [0.5, 0.6) is 0 Å². The van der Waals surface area contributed by atoms with Gasteiger partial charge in [-0.05, 0) is 76.2 Å². The van der Waals surface area contributed by atoms with Crippen LogP contribution in [-0.4, -0.2) is 12.6 Å². The summed E-state index contributed by atoms with van der Waals surface area (Å²) in [7, 11) is 0. The van der Waals surface area contributed by atoms with Gasteiger partial charge in [-0.15, -0.1) is 0 Å². The molecule has 0 fully saturated rings. The third-order valence-electron chi connectivity index (χ3n) is 9.13. The van der Waals surface area contributed by atoms with Crippen molar-refractivity contribution < 1.29 is 0 Å². The van der Waals surface area contributed by atoms with Gasteiger partial charge < -0.3 is 9.80 Å². The second-order valence-electron chi connectivity index (χ2n) is 11.3. The Kier molecular flexibility index (Phi) is 4.27. The van der Waals surface area contributed by atoms with E-state index in [1.54, 1.807) is 5.57 Å². The van der Waals surface area contributed by atoms with Gasteiger partial charge >= 0.3 is 0 Å². The molecule has 0 amide bonds. The average Bonchev–Trinajstić information content (AvgIpc) is 3.58. The summed E-state index contributed by atoms with van der Waals surface area (Å²) in [5.41, 5.74) is 14.0. The predicted molar refractivity (Wildman–Crippen MR) is 154 cm³/mol. The van der Waals surface area contributed by atoms with E-state index in [2.05, 4.69) is 133 Å². The van der Waals surface area contributed by atoms with E-state index in [1.807, 2.05) is 0 Å². The summed E-state index contributed by atoms with van der Waals surface area (Å²) >= 11 is 0. The number of para-hydroxylation sites is 2. The summed E-state index contributed by atoms with van der Waals surface area (Å²) in [6.07, 6.45) is 5.94. The highest BCUT2D eigenvalue weighted by Crippen LogP contribution is 2.55. The zero-order valence-electron chi connectivity index (χ0n) is 21.4. The fourth-order valence-corrected chi connectivity index (χ4v) is 7.41. The van der Waals surface area contributed by atoms with E-state index in [9.17, 15) is 0 Å². The van der Waals surface area contributed by atoms with Gasteiger partial charge in [-0.25, -0.2) is 0 Å². The van der Waals surface area contributed by atoms with Crippen molar-refractivity contribution in [1.29, 1.82) is 0 Å². The first-order valence-electron chi connectivity index (χ1n) is 13.5. The first kappa shape index (κ1) is 21.1. The van der Waals surface area contributed by atoms with E-state index >= 15 is 0 Å². The Morgan fingerprint density at radius 1 is 0.730 bits per heavy atom. The zero-order chi connectivity index (χ0) is 24.7. The van der Waals surface area contributed by atoms with Crippen LogP contribution in [-0.2, 0) is 5.41 Å². The second-order valence-corrected chi connectivity index (χ2v) is 11.3. The summed E-state index contributed by atoms with van der Waals surface area (Å²) in [4.78, 5) is 5.15. The molecular weight excluding hydrogens is 448 g/mol. The normalized spacial score (nSPS) is 22.0. The van der Waals surface area contributed by atoms with E-state index in [4.69, 9.17) is 0 Å². The summed E-state index contributed by atoms with van der Waals surface area (Å²) in [5.74, 6) is 0.379. The highest BCUT2D eigenvalue weighted by atomic mass is 15.2. The highest BCUT2D eigenvalue weighted by Gasteiger charge is 2.45. The molecule has 2 heterocycles. The highest BCUT2D eigenvalue weighted by molar-refractivity contribution is 5.85. The van der Waals surface area contributed by atoms with Crippen LogP contribution in [0.15, 0.2) is 120 Å². The molecule has 4 aromatic carbocycles. The van der Waals surface area contributed by atoms with Crippen molar-refractivity contribution >= 4 is 17.1 Å². The quantitative estimate of drug-likeness (QED) is 0.286. The fourth-order valence-electron chi connectivity index (χ4n) is 7.41. The van der Waals surface area contributed by atoms with Gasteiger partial charge in [-0.2, -0.15) is 0 Å². The Hall–Kier alpha value is -4.04. The van der Waals surface area contributed by atoms with Crippen LogP contribution in [0.2, 0.25) is 0 Å². The molecule has 2 aliphatic carbocycles.